The van der Waals surface area contributed by atoms with E-state index in [0.717, 1.165) is 12.0 Å². The van der Waals surface area contributed by atoms with Crippen molar-refractivity contribution in [3.63, 3.8) is 0 Å². The fraction of sp³-hybridized carbons (Fsp3) is 0.182. The summed E-state index contributed by atoms with van der Waals surface area (Å²) in [5.41, 5.74) is 4.74. The predicted octanol–water partition coefficient (Wildman–Crippen LogP) is 1.13. The zero-order chi connectivity index (χ0) is 8.84. The number of benzene rings is 1. The summed E-state index contributed by atoms with van der Waals surface area (Å²) in [6.45, 7) is 0.713. The third-order valence-corrected chi connectivity index (χ3v) is 2.77. The van der Waals surface area contributed by atoms with Crippen molar-refractivity contribution in [2.75, 3.05) is 6.54 Å². The average Bonchev–Trinajstić information content (AvgIpc) is 2.67. The van der Waals surface area contributed by atoms with Crippen molar-refractivity contribution in [3.8, 4) is 0 Å². The first-order valence-electron chi connectivity index (χ1n) is 4.45. The Labute approximate surface area is 76.3 Å². The molecular weight excluding hydrogens is 162 g/mol. The van der Waals surface area contributed by atoms with E-state index in [-0.39, 0.29) is 5.91 Å². The zero-order valence-corrected chi connectivity index (χ0v) is 7.13. The lowest BCUT2D eigenvalue weighted by molar-refractivity contribution is -0.116. The molecule has 0 aromatic heterocycles. The number of fused-ring (bicyclic) bond motifs is 2. The number of hydrogen-bond acceptors (Lipinski definition) is 1. The summed E-state index contributed by atoms with van der Waals surface area (Å²) in [5, 5.41) is 2.85. The first-order chi connectivity index (χ1) is 6.36. The Morgan fingerprint density at radius 2 is 2.00 bits per heavy atom. The van der Waals surface area contributed by atoms with Gasteiger partial charge in [0.15, 0.2) is 0 Å². The molecule has 0 saturated heterocycles. The fourth-order valence-corrected chi connectivity index (χ4v) is 2.12. The molecule has 1 aliphatic carbocycles. The minimum Gasteiger partial charge on any atom is -0.348 e. The molecule has 2 aliphatic rings. The minimum atomic E-state index is 0.117. The summed E-state index contributed by atoms with van der Waals surface area (Å²) in [6.07, 6.45) is 0.817. The van der Waals surface area contributed by atoms with Crippen molar-refractivity contribution in [1.29, 1.82) is 0 Å². The highest BCUT2D eigenvalue weighted by Gasteiger charge is 2.29. The van der Waals surface area contributed by atoms with Gasteiger partial charge in [0.05, 0.1) is 0 Å². The SMILES string of the molecule is O=C1NCC2=C1Cc1ccccc12. The Balaban J connectivity index is 2.20. The lowest BCUT2D eigenvalue weighted by atomic mass is 10.1. The lowest BCUT2D eigenvalue weighted by Gasteiger charge is -2.02. The number of carbonyl (C=O) groups is 1. The van der Waals surface area contributed by atoms with Gasteiger partial charge in [-0.05, 0) is 16.7 Å². The van der Waals surface area contributed by atoms with Gasteiger partial charge in [-0.2, -0.15) is 0 Å². The van der Waals surface area contributed by atoms with Gasteiger partial charge in [-0.1, -0.05) is 24.3 Å². The molecule has 0 unspecified atom stereocenters. The molecule has 1 aromatic rings. The molecule has 1 aromatic carbocycles. The fourth-order valence-electron chi connectivity index (χ4n) is 2.12. The van der Waals surface area contributed by atoms with Crippen LogP contribution >= 0.6 is 0 Å². The topological polar surface area (TPSA) is 29.1 Å². The third kappa shape index (κ3) is 0.800. The summed E-state index contributed by atoms with van der Waals surface area (Å²) in [6, 6.07) is 8.25. The van der Waals surface area contributed by atoms with Crippen molar-refractivity contribution in [3.05, 3.63) is 41.0 Å². The Morgan fingerprint density at radius 1 is 1.15 bits per heavy atom. The number of carbonyl (C=O) groups excluding carboxylic acids is 1. The highest BCUT2D eigenvalue weighted by molar-refractivity contribution is 6.08. The molecule has 2 heteroatoms. The van der Waals surface area contributed by atoms with Gasteiger partial charge in [-0.3, -0.25) is 4.79 Å². The zero-order valence-electron chi connectivity index (χ0n) is 7.13. The van der Waals surface area contributed by atoms with Crippen LogP contribution in [0.1, 0.15) is 11.1 Å². The van der Waals surface area contributed by atoms with E-state index in [0.29, 0.717) is 6.54 Å². The van der Waals surface area contributed by atoms with Gasteiger partial charge in [-0.25, -0.2) is 0 Å². The van der Waals surface area contributed by atoms with E-state index in [1.807, 2.05) is 12.1 Å². The molecule has 13 heavy (non-hydrogen) atoms. The van der Waals surface area contributed by atoms with Crippen LogP contribution in [0, 0.1) is 0 Å². The molecule has 1 amide bonds. The average molecular weight is 171 g/mol. The predicted molar refractivity (Wildman–Crippen MR) is 50.1 cm³/mol. The van der Waals surface area contributed by atoms with Crippen LogP contribution in [0.25, 0.3) is 5.57 Å². The van der Waals surface area contributed by atoms with Crippen LogP contribution in [0.4, 0.5) is 0 Å². The summed E-state index contributed by atoms with van der Waals surface area (Å²) >= 11 is 0. The van der Waals surface area contributed by atoms with Crippen molar-refractivity contribution in [2.45, 2.75) is 6.42 Å². The smallest absolute Gasteiger partial charge is 0.248 e. The number of rotatable bonds is 0. The highest BCUT2D eigenvalue weighted by Crippen LogP contribution is 2.34. The molecule has 0 spiro atoms. The second kappa shape index (κ2) is 2.22. The minimum absolute atomic E-state index is 0.117. The van der Waals surface area contributed by atoms with Crippen LogP contribution in [-0.4, -0.2) is 12.5 Å². The molecule has 0 fully saturated rings. The molecule has 0 bridgehead atoms. The van der Waals surface area contributed by atoms with E-state index in [9.17, 15) is 4.79 Å². The molecule has 0 atom stereocenters. The van der Waals surface area contributed by atoms with Gasteiger partial charge in [-0.15, -0.1) is 0 Å². The first kappa shape index (κ1) is 6.89. The molecule has 1 N–H and O–H groups in total. The number of nitrogens with one attached hydrogen (secondary N) is 1. The van der Waals surface area contributed by atoms with Crippen LogP contribution in [0.15, 0.2) is 29.8 Å². The van der Waals surface area contributed by atoms with Crippen LogP contribution < -0.4 is 5.32 Å². The van der Waals surface area contributed by atoms with Gasteiger partial charge in [0.25, 0.3) is 0 Å². The second-order valence-corrected chi connectivity index (χ2v) is 3.47. The number of hydrogen-bond donors (Lipinski definition) is 1. The van der Waals surface area contributed by atoms with Gasteiger partial charge < -0.3 is 5.32 Å². The molecular formula is C11H9NO. The second-order valence-electron chi connectivity index (χ2n) is 3.47. The van der Waals surface area contributed by atoms with Crippen LogP contribution in [0.3, 0.4) is 0 Å². The number of amides is 1. The summed E-state index contributed by atoms with van der Waals surface area (Å²) in [5.74, 6) is 0.117. The van der Waals surface area contributed by atoms with Crippen LogP contribution in [-0.2, 0) is 11.2 Å². The van der Waals surface area contributed by atoms with E-state index in [4.69, 9.17) is 0 Å². The standard InChI is InChI=1S/C11H9NO/c13-11-9-5-7-3-1-2-4-8(7)10(9)6-12-11/h1-4H,5-6H2,(H,12,13). The first-order valence-corrected chi connectivity index (χ1v) is 4.45. The Morgan fingerprint density at radius 3 is 2.92 bits per heavy atom. The van der Waals surface area contributed by atoms with Gasteiger partial charge >= 0.3 is 0 Å². The highest BCUT2D eigenvalue weighted by atomic mass is 16.1. The quantitative estimate of drug-likeness (QED) is 0.622. The van der Waals surface area contributed by atoms with Crippen LogP contribution in [0.5, 0.6) is 0 Å². The van der Waals surface area contributed by atoms with E-state index in [1.54, 1.807) is 0 Å². The molecule has 3 rings (SSSR count). The van der Waals surface area contributed by atoms with E-state index in [2.05, 4.69) is 17.4 Å². The monoisotopic (exact) mass is 171 g/mol. The summed E-state index contributed by atoms with van der Waals surface area (Å²) in [4.78, 5) is 11.4. The molecule has 1 heterocycles. The maximum atomic E-state index is 11.4. The van der Waals surface area contributed by atoms with Gasteiger partial charge in [0.1, 0.15) is 0 Å². The molecule has 1 aliphatic heterocycles. The van der Waals surface area contributed by atoms with Crippen molar-refractivity contribution >= 4 is 11.5 Å². The van der Waals surface area contributed by atoms with Crippen molar-refractivity contribution in [1.82, 2.24) is 5.32 Å². The van der Waals surface area contributed by atoms with Crippen molar-refractivity contribution in [2.24, 2.45) is 0 Å². The van der Waals surface area contributed by atoms with Gasteiger partial charge in [0, 0.05) is 18.5 Å². The molecule has 0 radical (unpaired) electrons. The third-order valence-electron chi connectivity index (χ3n) is 2.77. The van der Waals surface area contributed by atoms with Crippen LogP contribution in [0.2, 0.25) is 0 Å². The summed E-state index contributed by atoms with van der Waals surface area (Å²) in [7, 11) is 0. The largest absolute Gasteiger partial charge is 0.348 e. The normalized spacial score (nSPS) is 18.6. The van der Waals surface area contributed by atoms with Crippen molar-refractivity contribution < 1.29 is 4.79 Å². The Kier molecular flexibility index (Phi) is 1.18. The molecule has 64 valence electrons. The summed E-state index contributed by atoms with van der Waals surface area (Å²) < 4.78 is 0. The maximum Gasteiger partial charge on any atom is 0.248 e. The molecule has 2 nitrogen and oxygen atoms in total. The van der Waals surface area contributed by atoms with Gasteiger partial charge in [0.2, 0.25) is 5.91 Å². The Hall–Kier alpha value is -1.57. The van der Waals surface area contributed by atoms with E-state index >= 15 is 0 Å². The Bertz CT molecular complexity index is 431. The maximum absolute atomic E-state index is 11.4. The lowest BCUT2D eigenvalue weighted by Crippen LogP contribution is -2.19. The van der Waals surface area contributed by atoms with E-state index < -0.39 is 0 Å². The molecule has 0 saturated carbocycles. The van der Waals surface area contributed by atoms with E-state index in [1.165, 1.54) is 16.7 Å².